The second kappa shape index (κ2) is 15.5. The lowest BCUT2D eigenvalue weighted by atomic mass is 10.2. The zero-order valence-corrected chi connectivity index (χ0v) is 15.0. The van der Waals surface area contributed by atoms with E-state index >= 15 is 0 Å². The highest BCUT2D eigenvalue weighted by molar-refractivity contribution is 5.95. The van der Waals surface area contributed by atoms with Crippen LogP contribution in [-0.2, 0) is 33.4 Å². The molecule has 1 amide bonds. The van der Waals surface area contributed by atoms with E-state index in [2.05, 4.69) is 37.1 Å². The van der Waals surface area contributed by atoms with Crippen LogP contribution in [0.4, 0.5) is 4.79 Å². The molecule has 0 aromatic carbocycles. The molecule has 1 fully saturated rings. The predicted molar refractivity (Wildman–Crippen MR) is 97.5 cm³/mol. The third-order valence-corrected chi connectivity index (χ3v) is 3.09. The fourth-order valence-electron chi connectivity index (χ4n) is 1.65. The molecule has 0 spiro atoms. The Hall–Kier alpha value is -3.57. The summed E-state index contributed by atoms with van der Waals surface area (Å²) < 4.78 is 13.3. The molecule has 11 nitrogen and oxygen atoms in total. The van der Waals surface area contributed by atoms with Crippen LogP contribution in [0.2, 0.25) is 0 Å². The first kappa shape index (κ1) is 27.6. The third kappa shape index (κ3) is 13.3. The predicted octanol–water partition coefficient (Wildman–Crippen LogP) is -1.15. The number of cyclic esters (lactones) is 2. The van der Waals surface area contributed by atoms with E-state index in [1.807, 2.05) is 0 Å². The van der Waals surface area contributed by atoms with E-state index in [4.69, 9.17) is 18.0 Å². The molecule has 1 saturated heterocycles. The molecule has 0 radical (unpaired) electrons. The first-order valence-electron chi connectivity index (χ1n) is 7.97. The van der Waals surface area contributed by atoms with Crippen LogP contribution in [0.25, 0.3) is 0 Å². The summed E-state index contributed by atoms with van der Waals surface area (Å²) in [5.74, 6) is 1.57. The topological polar surface area (TPSA) is 173 Å². The normalized spacial score (nSPS) is 14.9. The standard InChI is InChI=1S/C9H9NO5.C8H11NO4.CH4/c1-2-5-14-7(11)4-3-6-8(12)15-9(13)10-6;1-2-5-13-7(10)4-3-6(9)8(11)12;/h1,6H,3-5H2,(H,10,13);1,6H,3-5,9H2,(H,11,12);1H4/p+1/t;6-;/m.0./s1. The number of nitrogens with one attached hydrogen (secondary N) is 1. The number of carbonyl (C=O) groups excluding carboxylic acids is 4. The van der Waals surface area contributed by atoms with Gasteiger partial charge in [0.2, 0.25) is 0 Å². The van der Waals surface area contributed by atoms with Gasteiger partial charge in [0.25, 0.3) is 0 Å². The van der Waals surface area contributed by atoms with Crippen LogP contribution >= 0.6 is 0 Å². The highest BCUT2D eigenvalue weighted by Gasteiger charge is 2.32. The quantitative estimate of drug-likeness (QED) is 0.183. The van der Waals surface area contributed by atoms with Gasteiger partial charge >= 0.3 is 30.0 Å². The van der Waals surface area contributed by atoms with Crippen LogP contribution in [-0.4, -0.2) is 60.4 Å². The summed E-state index contributed by atoms with van der Waals surface area (Å²) in [6.07, 6.45) is 9.28. The zero-order valence-electron chi connectivity index (χ0n) is 15.0. The van der Waals surface area contributed by atoms with Gasteiger partial charge in [-0.3, -0.25) is 9.59 Å². The Morgan fingerprint density at radius 2 is 1.66 bits per heavy atom. The lowest BCUT2D eigenvalue weighted by molar-refractivity contribution is -0.408. The second-order valence-electron chi connectivity index (χ2n) is 5.25. The molecule has 0 bridgehead atoms. The summed E-state index contributed by atoms with van der Waals surface area (Å²) in [4.78, 5) is 53.5. The van der Waals surface area contributed by atoms with E-state index < -0.39 is 42.1 Å². The molecule has 29 heavy (non-hydrogen) atoms. The van der Waals surface area contributed by atoms with E-state index in [0.717, 1.165) is 0 Å². The molecule has 5 N–H and O–H groups in total. The molecule has 11 heteroatoms. The second-order valence-corrected chi connectivity index (χ2v) is 5.25. The van der Waals surface area contributed by atoms with Gasteiger partial charge < -0.3 is 30.4 Å². The number of quaternary nitrogens is 1. The molecule has 0 saturated carbocycles. The Bertz CT molecular complexity index is 676. The largest absolute Gasteiger partial charge is 0.477 e. The third-order valence-electron chi connectivity index (χ3n) is 3.09. The number of hydrogen-bond donors (Lipinski definition) is 3. The minimum absolute atomic E-state index is 0. The van der Waals surface area contributed by atoms with Crippen molar-refractivity contribution in [2.45, 2.75) is 45.2 Å². The minimum Gasteiger partial charge on any atom is -0.477 e. The van der Waals surface area contributed by atoms with Crippen molar-refractivity contribution in [2.24, 2.45) is 0 Å². The molecule has 0 aliphatic carbocycles. The number of alkyl carbamates (subject to hydrolysis) is 1. The van der Waals surface area contributed by atoms with Crippen LogP contribution in [0.15, 0.2) is 0 Å². The van der Waals surface area contributed by atoms with Gasteiger partial charge in [-0.25, -0.2) is 14.4 Å². The Morgan fingerprint density at radius 3 is 2.07 bits per heavy atom. The maximum Gasteiger partial charge on any atom is 0.415 e. The summed E-state index contributed by atoms with van der Waals surface area (Å²) in [7, 11) is 0. The molecule has 1 aliphatic heterocycles. The number of terminal acetylenes is 2. The number of carboxylic acids is 1. The molecule has 160 valence electrons. The van der Waals surface area contributed by atoms with Crippen LogP contribution < -0.4 is 11.1 Å². The van der Waals surface area contributed by atoms with Crippen molar-refractivity contribution in [3.05, 3.63) is 0 Å². The summed E-state index contributed by atoms with van der Waals surface area (Å²) in [5.41, 5.74) is 3.34. The first-order valence-corrected chi connectivity index (χ1v) is 7.97. The van der Waals surface area contributed by atoms with Crippen LogP contribution in [0.1, 0.15) is 33.1 Å². The molecule has 1 rings (SSSR count). The molecular formula is C18H25N2O9+. The smallest absolute Gasteiger partial charge is 0.415 e. The SMILES string of the molecule is C.C#CCOC(=O)CCC1NC(=O)OC1=O.C#CCOC(=O)CC[C@H]([NH3+])C(=O)O. The number of carboxylic acid groups (broad SMARTS) is 1. The molecule has 2 atom stereocenters. The number of hydrogen-bond acceptors (Lipinski definition) is 8. The van der Waals surface area contributed by atoms with E-state index in [9.17, 15) is 24.0 Å². The van der Waals surface area contributed by atoms with Gasteiger partial charge in [0.1, 0.15) is 6.04 Å². The molecule has 1 unspecified atom stereocenters. The van der Waals surface area contributed by atoms with Crippen molar-refractivity contribution < 1.29 is 49.0 Å². The average Bonchev–Trinajstić information content (AvgIpc) is 2.98. The summed E-state index contributed by atoms with van der Waals surface area (Å²) >= 11 is 0. The van der Waals surface area contributed by atoms with Crippen LogP contribution in [0.5, 0.6) is 0 Å². The number of aliphatic carboxylic acids is 1. The maximum absolute atomic E-state index is 11.0. The summed E-state index contributed by atoms with van der Waals surface area (Å²) in [6.45, 7) is -0.173. The number of amides is 1. The van der Waals surface area contributed by atoms with Gasteiger partial charge in [0, 0.05) is 12.8 Å². The first-order chi connectivity index (χ1) is 13.2. The van der Waals surface area contributed by atoms with Gasteiger partial charge in [-0.1, -0.05) is 19.3 Å². The van der Waals surface area contributed by atoms with Gasteiger partial charge in [0.05, 0.1) is 6.42 Å². The molecule has 1 heterocycles. The van der Waals surface area contributed by atoms with Gasteiger partial charge in [-0.05, 0) is 6.42 Å². The lowest BCUT2D eigenvalue weighted by Gasteiger charge is -2.04. The van der Waals surface area contributed by atoms with E-state index in [1.54, 1.807) is 0 Å². The van der Waals surface area contributed by atoms with Crippen LogP contribution in [0.3, 0.4) is 0 Å². The van der Waals surface area contributed by atoms with Crippen molar-refractivity contribution in [1.29, 1.82) is 0 Å². The number of esters is 3. The monoisotopic (exact) mass is 413 g/mol. The number of ether oxygens (including phenoxy) is 3. The average molecular weight is 413 g/mol. The van der Waals surface area contributed by atoms with E-state index in [0.29, 0.717) is 0 Å². The molecular weight excluding hydrogens is 388 g/mol. The van der Waals surface area contributed by atoms with Gasteiger partial charge in [-0.2, -0.15) is 0 Å². The van der Waals surface area contributed by atoms with E-state index in [-0.39, 0.29) is 46.3 Å². The van der Waals surface area contributed by atoms with Crippen molar-refractivity contribution in [1.82, 2.24) is 5.32 Å². The zero-order chi connectivity index (χ0) is 21.5. The number of rotatable bonds is 9. The highest BCUT2D eigenvalue weighted by atomic mass is 16.6. The van der Waals surface area contributed by atoms with Gasteiger partial charge in [-0.15, -0.1) is 12.8 Å². The fraction of sp³-hybridized carbons (Fsp3) is 0.500. The Kier molecular flexibility index (Phi) is 14.8. The molecule has 0 aromatic rings. The Morgan fingerprint density at radius 1 is 1.14 bits per heavy atom. The number of carbonyl (C=O) groups is 5. The van der Waals surface area contributed by atoms with Crippen LogP contribution in [0, 0.1) is 24.7 Å². The maximum atomic E-state index is 11.0. The Labute approximate surface area is 168 Å². The highest BCUT2D eigenvalue weighted by Crippen LogP contribution is 2.07. The molecule has 0 aromatic heterocycles. The summed E-state index contributed by atoms with van der Waals surface area (Å²) in [5, 5.41) is 10.7. The van der Waals surface area contributed by atoms with E-state index in [1.165, 1.54) is 0 Å². The van der Waals surface area contributed by atoms with Crippen molar-refractivity contribution in [2.75, 3.05) is 13.2 Å². The fourth-order valence-corrected chi connectivity index (χ4v) is 1.65. The Balaban J connectivity index is 0. The summed E-state index contributed by atoms with van der Waals surface area (Å²) in [6, 6.07) is -1.55. The molecule has 1 aliphatic rings. The van der Waals surface area contributed by atoms with Crippen molar-refractivity contribution in [3.63, 3.8) is 0 Å². The minimum atomic E-state index is -1.02. The lowest BCUT2D eigenvalue weighted by Crippen LogP contribution is -2.64. The van der Waals surface area contributed by atoms with Crippen molar-refractivity contribution in [3.8, 4) is 24.7 Å². The van der Waals surface area contributed by atoms with Crippen molar-refractivity contribution >= 4 is 30.0 Å². The van der Waals surface area contributed by atoms with Gasteiger partial charge in [0.15, 0.2) is 19.3 Å².